The molecule has 1 aromatic heterocycles. The van der Waals surface area contributed by atoms with E-state index in [1.807, 2.05) is 49.4 Å². The van der Waals surface area contributed by atoms with Gasteiger partial charge in [0.15, 0.2) is 0 Å². The van der Waals surface area contributed by atoms with Crippen molar-refractivity contribution in [1.82, 2.24) is 9.78 Å². The van der Waals surface area contributed by atoms with Crippen LogP contribution < -0.4 is 10.2 Å². The molecule has 3 aromatic rings. The summed E-state index contributed by atoms with van der Waals surface area (Å²) in [6.45, 7) is 8.28. The Labute approximate surface area is 174 Å². The molecular weight excluding hydrogens is 376 g/mol. The van der Waals surface area contributed by atoms with Gasteiger partial charge >= 0.3 is 0 Å². The van der Waals surface area contributed by atoms with Gasteiger partial charge in [-0.3, -0.25) is 9.59 Å². The highest BCUT2D eigenvalue weighted by molar-refractivity contribution is 6.15. The third-order valence-corrected chi connectivity index (χ3v) is 6.22. The predicted molar refractivity (Wildman–Crippen MR) is 116 cm³/mol. The van der Waals surface area contributed by atoms with Crippen LogP contribution in [0.15, 0.2) is 61.3 Å². The summed E-state index contributed by atoms with van der Waals surface area (Å²) in [6, 6.07) is 13.7. The first kappa shape index (κ1) is 18.4. The van der Waals surface area contributed by atoms with Crippen LogP contribution >= 0.6 is 0 Å². The fourth-order valence-corrected chi connectivity index (χ4v) is 4.61. The summed E-state index contributed by atoms with van der Waals surface area (Å²) in [5, 5.41) is 7.54. The summed E-state index contributed by atoms with van der Waals surface area (Å²) in [5.74, 6) is 0.245. The van der Waals surface area contributed by atoms with Crippen LogP contribution in [0.25, 0.3) is 5.69 Å². The lowest BCUT2D eigenvalue weighted by atomic mass is 9.72. The minimum Gasteiger partial charge on any atom is -0.310 e. The van der Waals surface area contributed by atoms with Crippen molar-refractivity contribution >= 4 is 23.3 Å². The van der Waals surface area contributed by atoms with Crippen molar-refractivity contribution in [3.8, 4) is 5.69 Å². The molecule has 1 spiro atoms. The van der Waals surface area contributed by atoms with E-state index in [0.717, 1.165) is 28.1 Å². The molecule has 30 heavy (non-hydrogen) atoms. The minimum absolute atomic E-state index is 0.0576. The van der Waals surface area contributed by atoms with E-state index in [4.69, 9.17) is 0 Å². The molecule has 0 fully saturated rings. The maximum absolute atomic E-state index is 13.7. The number of nitrogens with one attached hydrogen (secondary N) is 1. The normalized spacial score (nSPS) is 19.6. The average Bonchev–Trinajstić information content (AvgIpc) is 3.25. The van der Waals surface area contributed by atoms with Crippen molar-refractivity contribution < 1.29 is 9.59 Å². The Kier molecular flexibility index (Phi) is 3.93. The van der Waals surface area contributed by atoms with Crippen LogP contribution in [-0.2, 0) is 15.0 Å². The second-order valence-corrected chi connectivity index (χ2v) is 7.94. The SMILES string of the molecule is C=CCN1C(=O)[C@@]2(CC(=O)Nc3c2cnn3-c2ccc(C)c(C)c2)c2ccccc21. The quantitative estimate of drug-likeness (QED) is 0.685. The third kappa shape index (κ3) is 2.33. The lowest BCUT2D eigenvalue weighted by Gasteiger charge is -2.32. The monoisotopic (exact) mass is 398 g/mol. The van der Waals surface area contributed by atoms with Crippen molar-refractivity contribution in [3.05, 3.63) is 83.6 Å². The molecule has 1 N–H and O–H groups in total. The summed E-state index contributed by atoms with van der Waals surface area (Å²) in [6.07, 6.45) is 3.48. The zero-order valence-electron chi connectivity index (χ0n) is 17.0. The second kappa shape index (κ2) is 6.42. The molecule has 0 aliphatic carbocycles. The van der Waals surface area contributed by atoms with Gasteiger partial charge in [-0.05, 0) is 48.7 Å². The Morgan fingerprint density at radius 2 is 1.93 bits per heavy atom. The van der Waals surface area contributed by atoms with Crippen LogP contribution in [0.4, 0.5) is 11.5 Å². The molecule has 2 amide bonds. The van der Waals surface area contributed by atoms with Gasteiger partial charge in [-0.1, -0.05) is 30.3 Å². The molecule has 5 rings (SSSR count). The van der Waals surface area contributed by atoms with Crippen LogP contribution in [0.1, 0.15) is 28.7 Å². The first-order chi connectivity index (χ1) is 14.5. The topological polar surface area (TPSA) is 67.2 Å². The maximum atomic E-state index is 13.7. The molecule has 2 aliphatic rings. The van der Waals surface area contributed by atoms with Gasteiger partial charge in [0.2, 0.25) is 11.8 Å². The first-order valence-corrected chi connectivity index (χ1v) is 9.95. The number of aromatic nitrogens is 2. The number of rotatable bonds is 3. The van der Waals surface area contributed by atoms with Gasteiger partial charge in [-0.2, -0.15) is 5.10 Å². The lowest BCUT2D eigenvalue weighted by molar-refractivity contribution is -0.126. The van der Waals surface area contributed by atoms with Crippen molar-refractivity contribution in [2.24, 2.45) is 0 Å². The molecule has 0 radical (unpaired) electrons. The van der Waals surface area contributed by atoms with Crippen LogP contribution in [0.3, 0.4) is 0 Å². The zero-order chi connectivity index (χ0) is 21.0. The number of carbonyl (C=O) groups is 2. The fraction of sp³-hybridized carbons (Fsp3) is 0.208. The van der Waals surface area contributed by atoms with Gasteiger partial charge < -0.3 is 10.2 Å². The first-order valence-electron chi connectivity index (χ1n) is 9.95. The Balaban J connectivity index is 1.75. The molecule has 2 aliphatic heterocycles. The Morgan fingerprint density at radius 1 is 1.13 bits per heavy atom. The van der Waals surface area contributed by atoms with Gasteiger partial charge in [0.1, 0.15) is 11.2 Å². The van der Waals surface area contributed by atoms with E-state index in [2.05, 4.69) is 23.9 Å². The largest absolute Gasteiger partial charge is 0.310 e. The van der Waals surface area contributed by atoms with Crippen LogP contribution in [0.2, 0.25) is 0 Å². The summed E-state index contributed by atoms with van der Waals surface area (Å²) in [7, 11) is 0. The van der Waals surface area contributed by atoms with E-state index in [9.17, 15) is 9.59 Å². The predicted octanol–water partition coefficient (Wildman–Crippen LogP) is 3.65. The van der Waals surface area contributed by atoms with E-state index >= 15 is 0 Å². The summed E-state index contributed by atoms with van der Waals surface area (Å²) < 4.78 is 1.71. The molecular formula is C24H22N4O2. The molecule has 150 valence electrons. The molecule has 0 saturated heterocycles. The number of nitrogens with zero attached hydrogens (tertiary/aromatic N) is 3. The van der Waals surface area contributed by atoms with Gasteiger partial charge in [0.05, 0.1) is 11.9 Å². The van der Waals surface area contributed by atoms with E-state index < -0.39 is 5.41 Å². The van der Waals surface area contributed by atoms with Gasteiger partial charge in [-0.15, -0.1) is 6.58 Å². The van der Waals surface area contributed by atoms with E-state index in [-0.39, 0.29) is 18.2 Å². The molecule has 6 nitrogen and oxygen atoms in total. The Hall–Kier alpha value is -3.67. The van der Waals surface area contributed by atoms with Gasteiger partial charge in [0.25, 0.3) is 0 Å². The zero-order valence-corrected chi connectivity index (χ0v) is 17.0. The molecule has 0 unspecified atom stereocenters. The lowest BCUT2D eigenvalue weighted by Crippen LogP contribution is -2.46. The van der Waals surface area contributed by atoms with E-state index in [0.29, 0.717) is 12.4 Å². The summed E-state index contributed by atoms with van der Waals surface area (Å²) in [5.41, 5.74) is 4.47. The number of benzene rings is 2. The number of aryl methyl sites for hydroxylation is 2. The molecule has 6 heteroatoms. The maximum Gasteiger partial charge on any atom is 0.243 e. The third-order valence-electron chi connectivity index (χ3n) is 6.22. The van der Waals surface area contributed by atoms with Crippen molar-refractivity contribution in [2.45, 2.75) is 25.7 Å². The van der Waals surface area contributed by atoms with Crippen molar-refractivity contribution in [1.29, 1.82) is 0 Å². The number of fused-ring (bicyclic) bond motifs is 4. The van der Waals surface area contributed by atoms with Crippen LogP contribution in [0.5, 0.6) is 0 Å². The number of hydrogen-bond acceptors (Lipinski definition) is 3. The summed E-state index contributed by atoms with van der Waals surface area (Å²) in [4.78, 5) is 28.3. The fourth-order valence-electron chi connectivity index (χ4n) is 4.61. The summed E-state index contributed by atoms with van der Waals surface area (Å²) >= 11 is 0. The number of amides is 2. The van der Waals surface area contributed by atoms with Gasteiger partial charge in [0, 0.05) is 24.2 Å². The molecule has 0 saturated carbocycles. The molecule has 3 heterocycles. The van der Waals surface area contributed by atoms with Crippen molar-refractivity contribution in [3.63, 3.8) is 0 Å². The molecule has 1 atom stereocenters. The Bertz CT molecular complexity index is 1230. The molecule has 0 bridgehead atoms. The van der Waals surface area contributed by atoms with Crippen molar-refractivity contribution in [2.75, 3.05) is 16.8 Å². The van der Waals surface area contributed by atoms with Gasteiger partial charge in [-0.25, -0.2) is 4.68 Å². The minimum atomic E-state index is -1.07. The molecule has 2 aromatic carbocycles. The highest BCUT2D eigenvalue weighted by Gasteiger charge is 2.56. The number of anilines is 2. The standard InChI is InChI=1S/C24H22N4O2/c1-4-11-27-20-8-6-5-7-18(20)24(23(27)30)13-21(29)26-22-19(24)14-25-28(22)17-10-9-15(2)16(3)12-17/h4-10,12,14H,1,11,13H2,2-3H3,(H,26,29)/t24-/m0/s1. The second-order valence-electron chi connectivity index (χ2n) is 7.94. The van der Waals surface area contributed by atoms with E-state index in [1.165, 1.54) is 5.56 Å². The number of carbonyl (C=O) groups excluding carboxylic acids is 2. The average molecular weight is 398 g/mol. The number of hydrogen-bond donors (Lipinski definition) is 1. The van der Waals surface area contributed by atoms with Crippen LogP contribution in [-0.4, -0.2) is 28.1 Å². The van der Waals surface area contributed by atoms with E-state index in [1.54, 1.807) is 21.9 Å². The van der Waals surface area contributed by atoms with Crippen LogP contribution in [0, 0.1) is 13.8 Å². The smallest absolute Gasteiger partial charge is 0.243 e. The Morgan fingerprint density at radius 3 is 2.70 bits per heavy atom. The highest BCUT2D eigenvalue weighted by atomic mass is 16.2. The number of para-hydroxylation sites is 1. The highest BCUT2D eigenvalue weighted by Crippen LogP contribution is 2.52.